The second kappa shape index (κ2) is 9.51. The van der Waals surface area contributed by atoms with Gasteiger partial charge in [0.25, 0.3) is 11.5 Å². The Morgan fingerprint density at radius 3 is 2.58 bits per heavy atom. The fourth-order valence-corrected chi connectivity index (χ4v) is 4.04. The molecule has 2 heterocycles. The molecule has 4 aromatic rings. The Balaban J connectivity index is 1.40. The molecule has 2 aromatic carbocycles. The summed E-state index contributed by atoms with van der Waals surface area (Å²) in [5, 5.41) is 8.27. The van der Waals surface area contributed by atoms with Gasteiger partial charge in [0.1, 0.15) is 11.6 Å². The summed E-state index contributed by atoms with van der Waals surface area (Å²) < 4.78 is 6.56. The van der Waals surface area contributed by atoms with Gasteiger partial charge in [-0.2, -0.15) is 9.61 Å². The van der Waals surface area contributed by atoms with Crippen LogP contribution in [0.25, 0.3) is 4.96 Å². The van der Waals surface area contributed by atoms with Gasteiger partial charge in [-0.15, -0.1) is 0 Å². The Hall–Kier alpha value is -3.56. The summed E-state index contributed by atoms with van der Waals surface area (Å²) in [6, 6.07) is 14.2. The van der Waals surface area contributed by atoms with Crippen molar-refractivity contribution in [1.82, 2.24) is 14.6 Å². The van der Waals surface area contributed by atoms with Crippen LogP contribution in [0.2, 0.25) is 5.02 Å². The van der Waals surface area contributed by atoms with Gasteiger partial charge >= 0.3 is 5.97 Å². The smallest absolute Gasteiger partial charge is 0.338 e. The minimum Gasteiger partial charge on any atom is -0.456 e. The van der Waals surface area contributed by atoms with Gasteiger partial charge in [-0.05, 0) is 42.5 Å². The number of fused-ring (bicyclic) bond motifs is 1. The van der Waals surface area contributed by atoms with Crippen molar-refractivity contribution in [2.24, 2.45) is 0 Å². The summed E-state index contributed by atoms with van der Waals surface area (Å²) in [4.78, 5) is 41.8. The third-order valence-electron chi connectivity index (χ3n) is 4.62. The van der Waals surface area contributed by atoms with Gasteiger partial charge in [-0.3, -0.25) is 9.59 Å². The number of hydrogen-bond donors (Lipinski definition) is 1. The maximum Gasteiger partial charge on any atom is 0.338 e. The molecular weight excluding hydrogens is 464 g/mol. The van der Waals surface area contributed by atoms with E-state index in [9.17, 15) is 14.4 Å². The molecule has 33 heavy (non-hydrogen) atoms. The first kappa shape index (κ1) is 22.6. The Morgan fingerprint density at radius 2 is 1.88 bits per heavy atom. The molecule has 0 spiro atoms. The van der Waals surface area contributed by atoms with Crippen molar-refractivity contribution < 1.29 is 14.3 Å². The van der Waals surface area contributed by atoms with E-state index in [0.29, 0.717) is 32.5 Å². The van der Waals surface area contributed by atoms with Crippen molar-refractivity contribution in [3.05, 3.63) is 91.8 Å². The van der Waals surface area contributed by atoms with E-state index in [2.05, 4.69) is 15.4 Å². The zero-order valence-corrected chi connectivity index (χ0v) is 19.3. The molecule has 0 aliphatic carbocycles. The molecule has 0 unspecified atom stereocenters. The first-order valence-corrected chi connectivity index (χ1v) is 11.2. The quantitative estimate of drug-likeness (QED) is 0.405. The fraction of sp³-hybridized carbons (Fsp3) is 0.174. The van der Waals surface area contributed by atoms with E-state index >= 15 is 0 Å². The SMILES string of the molecule is CC(C)c1nn2c(=O)cc(COC(=O)c3ccc(NC(=O)c4cccc(Cl)c4)cc3)nc2s1. The second-order valence-corrected chi connectivity index (χ2v) is 8.92. The van der Waals surface area contributed by atoms with Crippen LogP contribution in [0.1, 0.15) is 51.2 Å². The maximum atomic E-state index is 12.4. The molecule has 4 rings (SSSR count). The largest absolute Gasteiger partial charge is 0.456 e. The van der Waals surface area contributed by atoms with Gasteiger partial charge in [0.05, 0.1) is 11.3 Å². The number of aromatic nitrogens is 3. The molecule has 0 saturated carbocycles. The molecule has 0 aliphatic heterocycles. The van der Waals surface area contributed by atoms with Crippen molar-refractivity contribution in [2.75, 3.05) is 5.32 Å². The molecule has 10 heteroatoms. The molecule has 2 aromatic heterocycles. The van der Waals surface area contributed by atoms with Crippen LogP contribution in [0.15, 0.2) is 59.4 Å². The van der Waals surface area contributed by atoms with Crippen LogP contribution in [-0.4, -0.2) is 26.5 Å². The average Bonchev–Trinajstić information content (AvgIpc) is 3.23. The lowest BCUT2D eigenvalue weighted by Crippen LogP contribution is -2.17. The lowest BCUT2D eigenvalue weighted by atomic mass is 10.2. The third-order valence-corrected chi connectivity index (χ3v) is 6.07. The third kappa shape index (κ3) is 5.27. The minimum atomic E-state index is -0.572. The maximum absolute atomic E-state index is 12.4. The Kier molecular flexibility index (Phi) is 6.52. The Morgan fingerprint density at radius 1 is 1.12 bits per heavy atom. The minimum absolute atomic E-state index is 0.146. The van der Waals surface area contributed by atoms with Gasteiger partial charge in [-0.25, -0.2) is 9.78 Å². The van der Waals surface area contributed by atoms with E-state index in [1.165, 1.54) is 21.9 Å². The highest BCUT2D eigenvalue weighted by Gasteiger charge is 2.14. The zero-order valence-electron chi connectivity index (χ0n) is 17.7. The first-order valence-electron chi connectivity index (χ1n) is 10.0. The number of rotatable bonds is 6. The number of anilines is 1. The van der Waals surface area contributed by atoms with Crippen LogP contribution in [0.5, 0.6) is 0 Å². The highest BCUT2D eigenvalue weighted by molar-refractivity contribution is 7.16. The van der Waals surface area contributed by atoms with Gasteiger partial charge in [0.2, 0.25) is 4.96 Å². The van der Waals surface area contributed by atoms with Crippen molar-refractivity contribution >= 4 is 45.5 Å². The number of nitrogens with zero attached hydrogens (tertiary/aromatic N) is 3. The molecule has 0 atom stereocenters. The van der Waals surface area contributed by atoms with Crippen LogP contribution in [0, 0.1) is 0 Å². The van der Waals surface area contributed by atoms with Crippen molar-refractivity contribution in [2.45, 2.75) is 26.4 Å². The number of carbonyl (C=O) groups is 2. The highest BCUT2D eigenvalue weighted by Crippen LogP contribution is 2.20. The molecule has 0 radical (unpaired) electrons. The number of benzene rings is 2. The average molecular weight is 483 g/mol. The molecule has 0 bridgehead atoms. The molecule has 1 N–H and O–H groups in total. The molecule has 0 saturated heterocycles. The van der Waals surface area contributed by atoms with E-state index in [-0.39, 0.29) is 24.0 Å². The Bertz CT molecular complexity index is 1400. The Labute approximate surface area is 197 Å². The summed E-state index contributed by atoms with van der Waals surface area (Å²) in [6.07, 6.45) is 0. The first-order chi connectivity index (χ1) is 15.8. The number of ether oxygens (including phenoxy) is 1. The number of carbonyl (C=O) groups excluding carboxylic acids is 2. The molecular formula is C23H19ClN4O4S. The van der Waals surface area contributed by atoms with Gasteiger partial charge in [0.15, 0.2) is 0 Å². The van der Waals surface area contributed by atoms with Crippen molar-refractivity contribution in [3.8, 4) is 0 Å². The van der Waals surface area contributed by atoms with Crippen molar-refractivity contribution in [3.63, 3.8) is 0 Å². The predicted octanol–water partition coefficient (Wildman–Crippen LogP) is 4.54. The van der Waals surface area contributed by atoms with E-state index in [0.717, 1.165) is 5.01 Å². The standard InChI is InChI=1S/C23H19ClN4O4S/c1-13(2)21-27-28-19(29)11-18(26-23(28)33-21)12-32-22(31)14-6-8-17(9-7-14)25-20(30)15-4-3-5-16(24)10-15/h3-11,13H,12H2,1-2H3,(H,25,30). The lowest BCUT2D eigenvalue weighted by molar-refractivity contribution is 0.0467. The lowest BCUT2D eigenvalue weighted by Gasteiger charge is -2.07. The number of halogens is 1. The van der Waals surface area contributed by atoms with Gasteiger partial charge < -0.3 is 10.1 Å². The van der Waals surface area contributed by atoms with Gasteiger partial charge in [-0.1, -0.05) is 42.9 Å². The normalized spacial score (nSPS) is 11.0. The van der Waals surface area contributed by atoms with E-state index in [1.807, 2.05) is 13.8 Å². The molecule has 0 aliphatic rings. The number of hydrogen-bond acceptors (Lipinski definition) is 7. The molecule has 0 fully saturated rings. The predicted molar refractivity (Wildman–Crippen MR) is 126 cm³/mol. The van der Waals surface area contributed by atoms with Crippen LogP contribution in [0.3, 0.4) is 0 Å². The summed E-state index contributed by atoms with van der Waals surface area (Å²) in [5.41, 5.74) is 1.26. The fourth-order valence-electron chi connectivity index (χ4n) is 2.92. The monoisotopic (exact) mass is 482 g/mol. The van der Waals surface area contributed by atoms with Crippen molar-refractivity contribution in [1.29, 1.82) is 0 Å². The number of esters is 1. The molecule has 168 valence electrons. The number of amides is 1. The summed E-state index contributed by atoms with van der Waals surface area (Å²) in [5.74, 6) is -0.711. The van der Waals surface area contributed by atoms with Gasteiger partial charge in [0, 0.05) is 28.3 Å². The highest BCUT2D eigenvalue weighted by atomic mass is 35.5. The molecule has 1 amide bonds. The topological polar surface area (TPSA) is 103 Å². The second-order valence-electron chi connectivity index (χ2n) is 7.49. The van der Waals surface area contributed by atoms with E-state index < -0.39 is 5.97 Å². The summed E-state index contributed by atoms with van der Waals surface area (Å²) in [6.45, 7) is 3.82. The molecule has 8 nitrogen and oxygen atoms in total. The zero-order chi connectivity index (χ0) is 23.5. The van der Waals surface area contributed by atoms with Crippen LogP contribution < -0.4 is 10.9 Å². The van der Waals surface area contributed by atoms with Crippen LogP contribution >= 0.6 is 22.9 Å². The van der Waals surface area contributed by atoms with Crippen LogP contribution in [0.4, 0.5) is 5.69 Å². The van der Waals surface area contributed by atoms with Crippen LogP contribution in [-0.2, 0) is 11.3 Å². The van der Waals surface area contributed by atoms with E-state index in [1.54, 1.807) is 48.5 Å². The summed E-state index contributed by atoms with van der Waals surface area (Å²) in [7, 11) is 0. The van der Waals surface area contributed by atoms with E-state index in [4.69, 9.17) is 16.3 Å². The summed E-state index contributed by atoms with van der Waals surface area (Å²) >= 11 is 7.24. The number of nitrogens with one attached hydrogen (secondary N) is 1.